The first-order valence-electron chi connectivity index (χ1n) is 8.78. The molecule has 1 N–H and O–H groups in total. The second-order valence-corrected chi connectivity index (χ2v) is 6.43. The molecule has 0 aromatic heterocycles. The number of para-hydroxylation sites is 1. The Bertz CT molecular complexity index is 848. The summed E-state index contributed by atoms with van der Waals surface area (Å²) in [7, 11) is 0. The average Bonchev–Trinajstić information content (AvgIpc) is 2.68. The van der Waals surface area contributed by atoms with E-state index in [1.165, 1.54) is 12.1 Å². The zero-order chi connectivity index (χ0) is 20.1. The summed E-state index contributed by atoms with van der Waals surface area (Å²) < 4.78 is 29.5. The van der Waals surface area contributed by atoms with E-state index in [0.717, 1.165) is 12.5 Å². The maximum Gasteiger partial charge on any atom is 0.387 e. The smallest absolute Gasteiger partial charge is 0.387 e. The molecule has 0 spiro atoms. The van der Waals surface area contributed by atoms with E-state index in [2.05, 4.69) is 10.1 Å². The van der Waals surface area contributed by atoms with Gasteiger partial charge in [0.15, 0.2) is 0 Å². The first kappa shape index (κ1) is 19.5. The molecule has 0 aliphatic carbocycles. The lowest BCUT2D eigenvalue weighted by molar-refractivity contribution is -0.386. The summed E-state index contributed by atoms with van der Waals surface area (Å²) >= 11 is 0. The van der Waals surface area contributed by atoms with Crippen molar-refractivity contribution in [3.8, 4) is 5.75 Å². The Labute approximate surface area is 160 Å². The Morgan fingerprint density at radius 3 is 2.68 bits per heavy atom. The van der Waals surface area contributed by atoms with Crippen LogP contribution in [0.1, 0.15) is 12.8 Å². The predicted octanol–water partition coefficient (Wildman–Crippen LogP) is 4.05. The Balaban J connectivity index is 1.74. The maximum absolute atomic E-state index is 12.6. The molecule has 1 heterocycles. The number of benzene rings is 2. The Hall–Kier alpha value is -3.23. The van der Waals surface area contributed by atoms with Crippen LogP contribution in [0.3, 0.4) is 0 Å². The lowest BCUT2D eigenvalue weighted by Gasteiger charge is -2.33. The summed E-state index contributed by atoms with van der Waals surface area (Å²) in [6.45, 7) is -2.18. The van der Waals surface area contributed by atoms with Crippen LogP contribution >= 0.6 is 0 Å². The molecule has 7 nitrogen and oxygen atoms in total. The molecule has 2 aromatic carbocycles. The normalized spacial score (nSPS) is 16.7. The molecule has 9 heteroatoms. The van der Waals surface area contributed by atoms with E-state index in [1.54, 1.807) is 12.1 Å². The third-order valence-corrected chi connectivity index (χ3v) is 4.55. The van der Waals surface area contributed by atoms with Gasteiger partial charge in [-0.1, -0.05) is 18.2 Å². The van der Waals surface area contributed by atoms with E-state index in [9.17, 15) is 23.7 Å². The number of anilines is 2. The van der Waals surface area contributed by atoms with Crippen molar-refractivity contribution in [3.63, 3.8) is 0 Å². The number of piperidine rings is 1. The predicted molar refractivity (Wildman–Crippen MR) is 99.7 cm³/mol. The number of rotatable bonds is 6. The first-order chi connectivity index (χ1) is 13.4. The lowest BCUT2D eigenvalue weighted by atomic mass is 9.96. The fourth-order valence-electron chi connectivity index (χ4n) is 3.23. The molecule has 1 unspecified atom stereocenters. The molecule has 1 saturated heterocycles. The van der Waals surface area contributed by atoms with Gasteiger partial charge in [0.25, 0.3) is 0 Å². The molecule has 28 heavy (non-hydrogen) atoms. The molecular formula is C19H19F2N3O4. The molecule has 3 rings (SSSR count). The van der Waals surface area contributed by atoms with Crippen LogP contribution in [0, 0.1) is 16.0 Å². The Morgan fingerprint density at radius 1 is 1.25 bits per heavy atom. The number of carbonyl (C=O) groups is 1. The second-order valence-electron chi connectivity index (χ2n) is 6.43. The van der Waals surface area contributed by atoms with Gasteiger partial charge in [0.2, 0.25) is 11.7 Å². The monoisotopic (exact) mass is 391 g/mol. The summed E-state index contributed by atoms with van der Waals surface area (Å²) in [5.74, 6) is -0.904. The van der Waals surface area contributed by atoms with Gasteiger partial charge in [-0.2, -0.15) is 8.78 Å². The summed E-state index contributed by atoms with van der Waals surface area (Å²) in [6.07, 6.45) is 1.43. The molecule has 1 fully saturated rings. The highest BCUT2D eigenvalue weighted by atomic mass is 19.3. The Kier molecular flexibility index (Phi) is 6.03. The minimum absolute atomic E-state index is 0.123. The Morgan fingerprint density at radius 2 is 2.00 bits per heavy atom. The maximum atomic E-state index is 12.6. The van der Waals surface area contributed by atoms with Crippen molar-refractivity contribution in [1.29, 1.82) is 0 Å². The van der Waals surface area contributed by atoms with Crippen molar-refractivity contribution in [2.24, 2.45) is 5.92 Å². The highest BCUT2D eigenvalue weighted by Gasteiger charge is 2.28. The van der Waals surface area contributed by atoms with E-state index < -0.39 is 23.0 Å². The van der Waals surface area contributed by atoms with Crippen molar-refractivity contribution >= 4 is 23.0 Å². The van der Waals surface area contributed by atoms with Gasteiger partial charge >= 0.3 is 12.3 Å². The van der Waals surface area contributed by atoms with E-state index >= 15 is 0 Å². The van der Waals surface area contributed by atoms with Crippen LogP contribution in [0.2, 0.25) is 0 Å². The van der Waals surface area contributed by atoms with Crippen LogP contribution in [0.15, 0.2) is 48.5 Å². The van der Waals surface area contributed by atoms with E-state index in [1.807, 2.05) is 23.1 Å². The number of nitro groups is 1. The van der Waals surface area contributed by atoms with E-state index in [-0.39, 0.29) is 11.8 Å². The third kappa shape index (κ3) is 4.73. The first-order valence-corrected chi connectivity index (χ1v) is 8.78. The van der Waals surface area contributed by atoms with Crippen molar-refractivity contribution in [2.45, 2.75) is 19.5 Å². The number of nitrogens with zero attached hydrogens (tertiary/aromatic N) is 2. The summed E-state index contributed by atoms with van der Waals surface area (Å²) in [6, 6.07) is 12.9. The minimum Gasteiger partial charge on any atom is -0.427 e. The molecule has 2 aromatic rings. The van der Waals surface area contributed by atoms with Crippen molar-refractivity contribution in [2.75, 3.05) is 23.3 Å². The van der Waals surface area contributed by atoms with Crippen LogP contribution in [-0.2, 0) is 4.79 Å². The molecule has 1 aliphatic heterocycles. The van der Waals surface area contributed by atoms with E-state index in [0.29, 0.717) is 30.9 Å². The fourth-order valence-corrected chi connectivity index (χ4v) is 3.23. The van der Waals surface area contributed by atoms with Gasteiger partial charge in [-0.15, -0.1) is 0 Å². The standard InChI is InChI=1S/C19H19F2N3O4/c20-19(21)28-17-11-15(8-9-16(17)24(26)27)23-10-4-5-13(12-23)18(25)22-14-6-2-1-3-7-14/h1-3,6-9,11,13,19H,4-5,10,12H2,(H,22,25). The molecule has 0 saturated carbocycles. The van der Waals surface area contributed by atoms with Crippen LogP contribution in [0.4, 0.5) is 25.8 Å². The lowest BCUT2D eigenvalue weighted by Crippen LogP contribution is -2.40. The second kappa shape index (κ2) is 8.64. The number of alkyl halides is 2. The van der Waals surface area contributed by atoms with Gasteiger partial charge < -0.3 is 15.0 Å². The largest absolute Gasteiger partial charge is 0.427 e. The number of hydrogen-bond donors (Lipinski definition) is 1. The quantitative estimate of drug-likeness (QED) is 0.593. The number of hydrogen-bond acceptors (Lipinski definition) is 5. The van der Waals surface area contributed by atoms with Crippen LogP contribution in [0.25, 0.3) is 0 Å². The number of ether oxygens (including phenoxy) is 1. The molecule has 0 bridgehead atoms. The topological polar surface area (TPSA) is 84.7 Å². The van der Waals surface area contributed by atoms with Crippen LogP contribution in [0.5, 0.6) is 5.75 Å². The van der Waals surface area contributed by atoms with Gasteiger partial charge in [0, 0.05) is 36.6 Å². The third-order valence-electron chi connectivity index (χ3n) is 4.55. The number of carbonyl (C=O) groups excluding carboxylic acids is 1. The molecule has 148 valence electrons. The number of amides is 1. The molecule has 1 amide bonds. The van der Waals surface area contributed by atoms with Crippen molar-refractivity contribution < 1.29 is 23.2 Å². The van der Waals surface area contributed by atoms with Crippen LogP contribution < -0.4 is 15.0 Å². The summed E-state index contributed by atoms with van der Waals surface area (Å²) in [5, 5.41) is 13.9. The SMILES string of the molecule is O=C(Nc1ccccc1)C1CCCN(c2ccc([N+](=O)[O-])c(OC(F)F)c2)C1. The number of nitrogens with one attached hydrogen (secondary N) is 1. The molecular weight excluding hydrogens is 372 g/mol. The van der Waals surface area contributed by atoms with Gasteiger partial charge in [-0.3, -0.25) is 14.9 Å². The zero-order valence-electron chi connectivity index (χ0n) is 14.9. The molecule has 0 radical (unpaired) electrons. The highest BCUT2D eigenvalue weighted by Crippen LogP contribution is 2.34. The highest BCUT2D eigenvalue weighted by molar-refractivity contribution is 5.93. The van der Waals surface area contributed by atoms with Crippen molar-refractivity contribution in [1.82, 2.24) is 0 Å². The average molecular weight is 391 g/mol. The zero-order valence-corrected chi connectivity index (χ0v) is 14.9. The van der Waals surface area contributed by atoms with Gasteiger partial charge in [0.1, 0.15) is 0 Å². The van der Waals surface area contributed by atoms with Gasteiger partial charge in [0.05, 0.1) is 10.8 Å². The van der Waals surface area contributed by atoms with Gasteiger partial charge in [-0.05, 0) is 31.0 Å². The number of halogens is 2. The molecule has 1 atom stereocenters. The fraction of sp³-hybridized carbons (Fsp3) is 0.316. The number of nitro benzene ring substituents is 1. The van der Waals surface area contributed by atoms with Gasteiger partial charge in [-0.25, -0.2) is 0 Å². The van der Waals surface area contributed by atoms with Crippen molar-refractivity contribution in [3.05, 3.63) is 58.6 Å². The molecule has 1 aliphatic rings. The van der Waals surface area contributed by atoms with E-state index in [4.69, 9.17) is 0 Å². The summed E-state index contributed by atoms with van der Waals surface area (Å²) in [4.78, 5) is 24.6. The minimum atomic E-state index is -3.17. The van der Waals surface area contributed by atoms with Crippen LogP contribution in [-0.4, -0.2) is 30.5 Å². The summed E-state index contributed by atoms with van der Waals surface area (Å²) in [5.41, 5.74) is 0.672.